The average Bonchev–Trinajstić information content (AvgIpc) is 3.35. The van der Waals surface area contributed by atoms with Crippen LogP contribution in [0.3, 0.4) is 0 Å². The molecule has 1 aliphatic rings. The van der Waals surface area contributed by atoms with Gasteiger partial charge in [0.1, 0.15) is 11.6 Å². The summed E-state index contributed by atoms with van der Waals surface area (Å²) in [5.74, 6) is 0.826. The monoisotopic (exact) mass is 338 g/mol. The number of nitrogens with one attached hydrogen (secondary N) is 1. The molecule has 1 saturated carbocycles. The number of carbonyl (C=O) groups is 1. The second kappa shape index (κ2) is 5.95. The molecule has 2 heterocycles. The first kappa shape index (κ1) is 15.7. The van der Waals surface area contributed by atoms with Crippen molar-refractivity contribution in [1.29, 1.82) is 0 Å². The summed E-state index contributed by atoms with van der Waals surface area (Å²) in [6, 6.07) is 8.17. The molecule has 4 rings (SSSR count). The maximum Gasteiger partial charge on any atom is 0.255 e. The lowest BCUT2D eigenvalue weighted by Gasteiger charge is -2.29. The van der Waals surface area contributed by atoms with Gasteiger partial charge in [-0.2, -0.15) is 0 Å². The number of benzene rings is 1. The van der Waals surface area contributed by atoms with Gasteiger partial charge in [-0.05, 0) is 49.4 Å². The van der Waals surface area contributed by atoms with E-state index in [9.17, 15) is 9.18 Å². The summed E-state index contributed by atoms with van der Waals surface area (Å²) in [4.78, 5) is 26.4. The van der Waals surface area contributed by atoms with Crippen molar-refractivity contribution >= 4 is 17.1 Å². The maximum absolute atomic E-state index is 13.2. The van der Waals surface area contributed by atoms with Gasteiger partial charge >= 0.3 is 0 Å². The number of rotatable bonds is 4. The van der Waals surface area contributed by atoms with Crippen LogP contribution in [0.15, 0.2) is 36.5 Å². The summed E-state index contributed by atoms with van der Waals surface area (Å²) >= 11 is 0. The molecule has 1 aromatic carbocycles. The maximum atomic E-state index is 13.2. The number of imidazole rings is 1. The molecule has 0 unspecified atom stereocenters. The summed E-state index contributed by atoms with van der Waals surface area (Å²) in [5, 5.41) is 0. The van der Waals surface area contributed by atoms with E-state index >= 15 is 0 Å². The summed E-state index contributed by atoms with van der Waals surface area (Å²) < 4.78 is 13.2. The number of H-pyrrole nitrogens is 1. The SMILES string of the molecule is Cc1nc2ncc(C(=O)N(C)[C@@H](c3ccc(F)cc3)C3CC3)cc2[nH]1. The number of fused-ring (bicyclic) bond motifs is 1. The standard InChI is InChI=1S/C19H19FN4O/c1-11-22-16-9-14(10-21-18(16)23-11)19(25)24(2)17(12-3-4-12)13-5-7-15(20)8-6-13/h5-10,12,17H,3-4H2,1-2H3,(H,21,22,23)/t17-/m1/s1. The van der Waals surface area contributed by atoms with Gasteiger partial charge in [-0.15, -0.1) is 0 Å². The van der Waals surface area contributed by atoms with Crippen molar-refractivity contribution in [3.63, 3.8) is 0 Å². The lowest BCUT2D eigenvalue weighted by Crippen LogP contribution is -2.32. The van der Waals surface area contributed by atoms with Crippen molar-refractivity contribution in [1.82, 2.24) is 19.9 Å². The number of nitrogens with zero attached hydrogens (tertiary/aromatic N) is 3. The third-order valence-corrected chi connectivity index (χ3v) is 4.72. The van der Waals surface area contributed by atoms with Gasteiger partial charge in [0.05, 0.1) is 17.1 Å². The number of aromatic amines is 1. The zero-order valence-corrected chi connectivity index (χ0v) is 14.2. The van der Waals surface area contributed by atoms with Gasteiger partial charge in [0, 0.05) is 13.2 Å². The lowest BCUT2D eigenvalue weighted by atomic mass is 10.00. The first-order chi connectivity index (χ1) is 12.0. The van der Waals surface area contributed by atoms with E-state index in [0.717, 1.165) is 29.7 Å². The van der Waals surface area contributed by atoms with Crippen LogP contribution in [0.2, 0.25) is 0 Å². The zero-order chi connectivity index (χ0) is 17.6. The van der Waals surface area contributed by atoms with Gasteiger partial charge in [-0.1, -0.05) is 12.1 Å². The van der Waals surface area contributed by atoms with Gasteiger partial charge in [0.15, 0.2) is 5.65 Å². The van der Waals surface area contributed by atoms with E-state index in [2.05, 4.69) is 15.0 Å². The van der Waals surface area contributed by atoms with E-state index in [1.54, 1.807) is 36.3 Å². The van der Waals surface area contributed by atoms with Crippen LogP contribution in [-0.4, -0.2) is 32.8 Å². The molecule has 0 aliphatic heterocycles. The fourth-order valence-corrected chi connectivity index (χ4v) is 3.35. The number of pyridine rings is 1. The predicted octanol–water partition coefficient (Wildman–Crippen LogP) is 3.63. The van der Waals surface area contributed by atoms with Crippen molar-refractivity contribution < 1.29 is 9.18 Å². The minimum absolute atomic E-state index is 0.0488. The lowest BCUT2D eigenvalue weighted by molar-refractivity contribution is 0.0710. The highest BCUT2D eigenvalue weighted by molar-refractivity contribution is 5.96. The number of hydrogen-bond acceptors (Lipinski definition) is 3. The van der Waals surface area contributed by atoms with E-state index in [4.69, 9.17) is 0 Å². The molecule has 0 radical (unpaired) electrons. The highest BCUT2D eigenvalue weighted by Gasteiger charge is 2.37. The number of aromatic nitrogens is 3. The Labute approximate surface area is 144 Å². The first-order valence-electron chi connectivity index (χ1n) is 8.38. The van der Waals surface area contributed by atoms with E-state index in [1.807, 2.05) is 6.92 Å². The van der Waals surface area contributed by atoms with Crippen molar-refractivity contribution in [3.8, 4) is 0 Å². The Morgan fingerprint density at radius 3 is 2.72 bits per heavy atom. The molecule has 1 amide bonds. The van der Waals surface area contributed by atoms with Crippen molar-refractivity contribution in [3.05, 3.63) is 59.3 Å². The van der Waals surface area contributed by atoms with E-state index in [-0.39, 0.29) is 17.8 Å². The molecule has 1 fully saturated rings. The molecule has 6 heteroatoms. The summed E-state index contributed by atoms with van der Waals surface area (Å²) in [6.07, 6.45) is 3.73. The normalized spacial score (nSPS) is 15.3. The van der Waals surface area contributed by atoms with E-state index in [0.29, 0.717) is 17.1 Å². The average molecular weight is 338 g/mol. The largest absolute Gasteiger partial charge is 0.341 e. The smallest absolute Gasteiger partial charge is 0.255 e. The molecule has 128 valence electrons. The second-order valence-electron chi connectivity index (χ2n) is 6.67. The van der Waals surface area contributed by atoms with E-state index in [1.165, 1.54) is 12.1 Å². The van der Waals surface area contributed by atoms with Crippen molar-refractivity contribution in [2.75, 3.05) is 7.05 Å². The number of carbonyl (C=O) groups excluding carboxylic acids is 1. The van der Waals surface area contributed by atoms with Crippen LogP contribution in [0.5, 0.6) is 0 Å². The Hall–Kier alpha value is -2.76. The fraction of sp³-hybridized carbons (Fsp3) is 0.316. The van der Waals surface area contributed by atoms with Gasteiger partial charge < -0.3 is 9.88 Å². The van der Waals surface area contributed by atoms with Crippen LogP contribution < -0.4 is 0 Å². The Morgan fingerprint density at radius 2 is 2.04 bits per heavy atom. The highest BCUT2D eigenvalue weighted by Crippen LogP contribution is 2.44. The molecular formula is C19H19FN4O. The summed E-state index contributed by atoms with van der Waals surface area (Å²) in [5.41, 5.74) is 2.84. The minimum atomic E-state index is -0.267. The van der Waals surface area contributed by atoms with Crippen LogP contribution in [-0.2, 0) is 0 Å². The number of hydrogen-bond donors (Lipinski definition) is 1. The molecule has 1 N–H and O–H groups in total. The Balaban J connectivity index is 1.65. The molecule has 5 nitrogen and oxygen atoms in total. The molecule has 0 bridgehead atoms. The van der Waals surface area contributed by atoms with Crippen molar-refractivity contribution in [2.45, 2.75) is 25.8 Å². The topological polar surface area (TPSA) is 61.9 Å². The van der Waals surface area contributed by atoms with Crippen LogP contribution in [0, 0.1) is 18.7 Å². The minimum Gasteiger partial charge on any atom is -0.341 e. The molecule has 25 heavy (non-hydrogen) atoms. The van der Waals surface area contributed by atoms with Gasteiger partial charge in [-0.25, -0.2) is 14.4 Å². The van der Waals surface area contributed by atoms with Crippen LogP contribution in [0.25, 0.3) is 11.2 Å². The molecule has 2 aromatic heterocycles. The summed E-state index contributed by atoms with van der Waals surface area (Å²) in [6.45, 7) is 1.85. The molecule has 0 spiro atoms. The molecule has 3 aromatic rings. The van der Waals surface area contributed by atoms with Gasteiger partial charge in [-0.3, -0.25) is 4.79 Å². The number of aryl methyl sites for hydroxylation is 1. The van der Waals surface area contributed by atoms with Gasteiger partial charge in [0.25, 0.3) is 5.91 Å². The van der Waals surface area contributed by atoms with E-state index < -0.39 is 0 Å². The first-order valence-corrected chi connectivity index (χ1v) is 8.38. The third-order valence-electron chi connectivity index (χ3n) is 4.72. The summed E-state index contributed by atoms with van der Waals surface area (Å²) in [7, 11) is 1.80. The second-order valence-corrected chi connectivity index (χ2v) is 6.67. The van der Waals surface area contributed by atoms with Crippen molar-refractivity contribution in [2.24, 2.45) is 5.92 Å². The predicted molar refractivity (Wildman–Crippen MR) is 92.6 cm³/mol. The fourth-order valence-electron chi connectivity index (χ4n) is 3.35. The molecule has 1 atom stereocenters. The van der Waals surface area contributed by atoms with Crippen LogP contribution in [0.1, 0.15) is 40.6 Å². The highest BCUT2D eigenvalue weighted by atomic mass is 19.1. The Bertz CT molecular complexity index is 930. The molecule has 0 saturated heterocycles. The quantitative estimate of drug-likeness (QED) is 0.790. The number of amides is 1. The molecule has 1 aliphatic carbocycles. The molecular weight excluding hydrogens is 319 g/mol. The van der Waals surface area contributed by atoms with Crippen LogP contribution in [0.4, 0.5) is 4.39 Å². The van der Waals surface area contributed by atoms with Crippen LogP contribution >= 0.6 is 0 Å². The Morgan fingerprint density at radius 1 is 1.32 bits per heavy atom. The third kappa shape index (κ3) is 2.99. The zero-order valence-electron chi connectivity index (χ0n) is 14.2. The van der Waals surface area contributed by atoms with Gasteiger partial charge in [0.2, 0.25) is 0 Å². The Kier molecular flexibility index (Phi) is 3.75. The number of halogens is 1.